The molecule has 0 radical (unpaired) electrons. The molecule has 0 bridgehead atoms. The number of carbonyl (C=O) groups is 2. The monoisotopic (exact) mass is 185 g/mol. The largest absolute Gasteiger partial charge is 0.369 e. The second kappa shape index (κ2) is 4.23. The first-order chi connectivity index (χ1) is 6.16. The highest BCUT2D eigenvalue weighted by atomic mass is 16.2. The van der Waals surface area contributed by atoms with Gasteiger partial charge in [0.2, 0.25) is 11.8 Å². The molecule has 0 spiro atoms. The minimum Gasteiger partial charge on any atom is -0.369 e. The van der Waals surface area contributed by atoms with Crippen LogP contribution in [0.3, 0.4) is 0 Å². The van der Waals surface area contributed by atoms with E-state index in [-0.39, 0.29) is 17.7 Å². The van der Waals surface area contributed by atoms with Crippen molar-refractivity contribution in [1.29, 1.82) is 0 Å². The molecule has 5 N–H and O–H groups in total. The van der Waals surface area contributed by atoms with Gasteiger partial charge in [0.25, 0.3) is 0 Å². The van der Waals surface area contributed by atoms with Crippen molar-refractivity contribution in [2.45, 2.75) is 25.7 Å². The fourth-order valence-electron chi connectivity index (χ4n) is 1.89. The third kappa shape index (κ3) is 2.18. The van der Waals surface area contributed by atoms with E-state index < -0.39 is 5.91 Å². The van der Waals surface area contributed by atoms with Crippen molar-refractivity contribution in [1.82, 2.24) is 5.43 Å². The maximum absolute atomic E-state index is 11.2. The molecule has 0 saturated heterocycles. The topological polar surface area (TPSA) is 98.2 Å². The predicted molar refractivity (Wildman–Crippen MR) is 47.0 cm³/mol. The average molecular weight is 185 g/mol. The van der Waals surface area contributed by atoms with Gasteiger partial charge in [-0.05, 0) is 12.8 Å². The van der Waals surface area contributed by atoms with Crippen molar-refractivity contribution in [3.05, 3.63) is 0 Å². The third-order valence-electron chi connectivity index (χ3n) is 2.61. The molecule has 13 heavy (non-hydrogen) atoms. The van der Waals surface area contributed by atoms with Crippen LogP contribution in [0.1, 0.15) is 25.7 Å². The minimum absolute atomic E-state index is 0.275. The Labute approximate surface area is 76.8 Å². The standard InChI is InChI=1S/C8H15N3O2/c9-7(12)5-3-1-2-4-6(5)8(13)11-10/h5-6H,1-4,10H2,(H2,9,12)(H,11,13). The normalized spacial score (nSPS) is 28.1. The summed E-state index contributed by atoms with van der Waals surface area (Å²) in [7, 11) is 0. The molecule has 1 fully saturated rings. The lowest BCUT2D eigenvalue weighted by molar-refractivity contribution is -0.134. The quantitative estimate of drug-likeness (QED) is 0.300. The van der Waals surface area contributed by atoms with E-state index in [4.69, 9.17) is 11.6 Å². The van der Waals surface area contributed by atoms with Crippen LogP contribution in [0.25, 0.3) is 0 Å². The van der Waals surface area contributed by atoms with Gasteiger partial charge < -0.3 is 5.73 Å². The fourth-order valence-corrected chi connectivity index (χ4v) is 1.89. The molecule has 74 valence electrons. The second-order valence-corrected chi connectivity index (χ2v) is 3.41. The van der Waals surface area contributed by atoms with E-state index >= 15 is 0 Å². The lowest BCUT2D eigenvalue weighted by atomic mass is 9.78. The van der Waals surface area contributed by atoms with Gasteiger partial charge in [-0.25, -0.2) is 5.84 Å². The van der Waals surface area contributed by atoms with Crippen LogP contribution in [0.4, 0.5) is 0 Å². The van der Waals surface area contributed by atoms with Gasteiger partial charge in [0, 0.05) is 5.92 Å². The van der Waals surface area contributed by atoms with E-state index in [1.165, 1.54) is 0 Å². The summed E-state index contributed by atoms with van der Waals surface area (Å²) in [4.78, 5) is 22.2. The Morgan fingerprint density at radius 2 is 1.69 bits per heavy atom. The number of rotatable bonds is 2. The van der Waals surface area contributed by atoms with Gasteiger partial charge in [0.05, 0.1) is 5.92 Å². The van der Waals surface area contributed by atoms with Crippen LogP contribution in [-0.4, -0.2) is 11.8 Å². The van der Waals surface area contributed by atoms with Crippen LogP contribution >= 0.6 is 0 Å². The molecule has 2 atom stereocenters. The van der Waals surface area contributed by atoms with E-state index in [1.54, 1.807) is 0 Å². The number of carbonyl (C=O) groups excluding carboxylic acids is 2. The molecule has 1 saturated carbocycles. The van der Waals surface area contributed by atoms with Gasteiger partial charge >= 0.3 is 0 Å². The zero-order chi connectivity index (χ0) is 9.84. The molecule has 0 aromatic heterocycles. The van der Waals surface area contributed by atoms with E-state index in [0.29, 0.717) is 12.8 Å². The molecule has 0 aromatic carbocycles. The van der Waals surface area contributed by atoms with Gasteiger partial charge in [0.1, 0.15) is 0 Å². The van der Waals surface area contributed by atoms with E-state index in [2.05, 4.69) is 5.43 Å². The average Bonchev–Trinajstić information content (AvgIpc) is 2.16. The fraction of sp³-hybridized carbons (Fsp3) is 0.750. The number of amides is 2. The summed E-state index contributed by atoms with van der Waals surface area (Å²) in [6.45, 7) is 0. The van der Waals surface area contributed by atoms with Crippen molar-refractivity contribution >= 4 is 11.8 Å². The third-order valence-corrected chi connectivity index (χ3v) is 2.61. The van der Waals surface area contributed by atoms with Gasteiger partial charge in [-0.1, -0.05) is 12.8 Å². The molecule has 0 aromatic rings. The van der Waals surface area contributed by atoms with E-state index in [0.717, 1.165) is 12.8 Å². The predicted octanol–water partition coefficient (Wildman–Crippen LogP) is -0.732. The molecule has 1 aliphatic carbocycles. The number of nitrogens with two attached hydrogens (primary N) is 2. The van der Waals surface area contributed by atoms with Gasteiger partial charge in [-0.2, -0.15) is 0 Å². The van der Waals surface area contributed by atoms with Crippen LogP contribution in [-0.2, 0) is 9.59 Å². The first-order valence-corrected chi connectivity index (χ1v) is 4.46. The van der Waals surface area contributed by atoms with Crippen molar-refractivity contribution < 1.29 is 9.59 Å². The number of primary amides is 1. The number of hydrazine groups is 1. The number of nitrogens with one attached hydrogen (secondary N) is 1. The van der Waals surface area contributed by atoms with Crippen LogP contribution in [0, 0.1) is 11.8 Å². The summed E-state index contributed by atoms with van der Waals surface area (Å²) in [6, 6.07) is 0. The molecular formula is C8H15N3O2. The molecule has 5 nitrogen and oxygen atoms in total. The Morgan fingerprint density at radius 3 is 2.15 bits per heavy atom. The Bertz CT molecular complexity index is 217. The summed E-state index contributed by atoms with van der Waals surface area (Å²) < 4.78 is 0. The second-order valence-electron chi connectivity index (χ2n) is 3.41. The number of hydrogen-bond acceptors (Lipinski definition) is 3. The summed E-state index contributed by atoms with van der Waals surface area (Å²) >= 11 is 0. The maximum Gasteiger partial charge on any atom is 0.237 e. The Morgan fingerprint density at radius 1 is 1.15 bits per heavy atom. The zero-order valence-electron chi connectivity index (χ0n) is 7.45. The van der Waals surface area contributed by atoms with E-state index in [9.17, 15) is 9.59 Å². The Balaban J connectivity index is 2.67. The van der Waals surface area contributed by atoms with Crippen molar-refractivity contribution in [3.8, 4) is 0 Å². The first kappa shape index (κ1) is 9.98. The summed E-state index contributed by atoms with van der Waals surface area (Å²) in [5.41, 5.74) is 7.26. The van der Waals surface area contributed by atoms with Crippen LogP contribution in [0.5, 0.6) is 0 Å². The summed E-state index contributed by atoms with van der Waals surface area (Å²) in [6.07, 6.45) is 3.33. The molecule has 2 amide bonds. The molecule has 0 aliphatic heterocycles. The molecule has 1 rings (SSSR count). The smallest absolute Gasteiger partial charge is 0.237 e. The highest BCUT2D eigenvalue weighted by Crippen LogP contribution is 2.29. The Kier molecular flexibility index (Phi) is 3.25. The Hall–Kier alpha value is -1.10. The highest BCUT2D eigenvalue weighted by Gasteiger charge is 2.33. The molecule has 0 heterocycles. The zero-order valence-corrected chi connectivity index (χ0v) is 7.45. The minimum atomic E-state index is -0.395. The van der Waals surface area contributed by atoms with Crippen molar-refractivity contribution in [3.63, 3.8) is 0 Å². The first-order valence-electron chi connectivity index (χ1n) is 4.46. The van der Waals surface area contributed by atoms with Gasteiger partial charge in [-0.15, -0.1) is 0 Å². The summed E-state index contributed by atoms with van der Waals surface area (Å²) in [5, 5.41) is 0. The molecule has 2 unspecified atom stereocenters. The lowest BCUT2D eigenvalue weighted by Crippen LogP contribution is -2.44. The van der Waals surface area contributed by atoms with Crippen LogP contribution in [0.15, 0.2) is 0 Å². The van der Waals surface area contributed by atoms with Crippen molar-refractivity contribution in [2.24, 2.45) is 23.4 Å². The van der Waals surface area contributed by atoms with E-state index in [1.807, 2.05) is 0 Å². The highest BCUT2D eigenvalue weighted by molar-refractivity contribution is 5.86. The van der Waals surface area contributed by atoms with Crippen LogP contribution < -0.4 is 17.0 Å². The molecule has 1 aliphatic rings. The summed E-state index contributed by atoms with van der Waals surface area (Å²) in [5.74, 6) is 3.69. The maximum atomic E-state index is 11.2. The SMILES string of the molecule is NNC(=O)C1CCCCC1C(N)=O. The number of hydrogen-bond donors (Lipinski definition) is 3. The lowest BCUT2D eigenvalue weighted by Gasteiger charge is -2.27. The molecule has 5 heteroatoms. The molecular weight excluding hydrogens is 170 g/mol. The van der Waals surface area contributed by atoms with Crippen LogP contribution in [0.2, 0.25) is 0 Å². The van der Waals surface area contributed by atoms with Gasteiger partial charge in [0.15, 0.2) is 0 Å². The van der Waals surface area contributed by atoms with Gasteiger partial charge in [-0.3, -0.25) is 15.0 Å². The van der Waals surface area contributed by atoms with Crippen molar-refractivity contribution in [2.75, 3.05) is 0 Å².